The van der Waals surface area contributed by atoms with Gasteiger partial charge in [0.05, 0.1) is 42.1 Å². The SMILES string of the molecule is CC(=O)NCc1ccc2cccc(O)c2n1.NC(N)=NCc1ccc2cccc(O)c2n1.NCc1ccc2cccc(O)c2n1.O/N=C/c1ccc2cccc(O)c2n1.[2HH]. The molecule has 0 atom stereocenters. The first-order chi connectivity index (χ1) is 28.4. The highest BCUT2D eigenvalue weighted by Gasteiger charge is 2.05. The van der Waals surface area contributed by atoms with E-state index in [0.717, 1.165) is 32.9 Å². The van der Waals surface area contributed by atoms with E-state index in [0.29, 0.717) is 53.1 Å². The number of nitrogens with zero attached hydrogens (tertiary/aromatic N) is 6. The average molecular weight is 798 g/mol. The van der Waals surface area contributed by atoms with E-state index in [1.807, 2.05) is 60.7 Å². The minimum absolute atomic E-state index is 0. The lowest BCUT2D eigenvalue weighted by atomic mass is 10.2. The Kier molecular flexibility index (Phi) is 14.4. The second-order valence-electron chi connectivity index (χ2n) is 12.6. The van der Waals surface area contributed by atoms with E-state index < -0.39 is 0 Å². The van der Waals surface area contributed by atoms with E-state index in [2.05, 4.69) is 35.4 Å². The van der Waals surface area contributed by atoms with Gasteiger partial charge in [0.15, 0.2) is 5.96 Å². The number of carbonyl (C=O) groups is 1. The molecule has 8 rings (SSSR count). The quantitative estimate of drug-likeness (QED) is 0.0424. The van der Waals surface area contributed by atoms with E-state index in [1.165, 1.54) is 13.1 Å². The highest BCUT2D eigenvalue weighted by Crippen LogP contribution is 2.25. The van der Waals surface area contributed by atoms with Crippen LogP contribution in [0.4, 0.5) is 0 Å². The van der Waals surface area contributed by atoms with Crippen LogP contribution in [-0.4, -0.2) is 63.7 Å². The second kappa shape index (κ2) is 20.2. The number of aliphatic imine (C=N–C) groups is 1. The van der Waals surface area contributed by atoms with Crippen molar-refractivity contribution in [2.75, 3.05) is 0 Å². The number of fused-ring (bicyclic) bond motifs is 4. The Morgan fingerprint density at radius 1 is 0.610 bits per heavy atom. The molecule has 16 heteroatoms. The van der Waals surface area contributed by atoms with Crippen LogP contribution in [0.15, 0.2) is 131 Å². The number of aromatic hydroxyl groups is 4. The van der Waals surface area contributed by atoms with Crippen molar-refractivity contribution >= 4 is 61.7 Å². The predicted molar refractivity (Wildman–Crippen MR) is 230 cm³/mol. The Labute approximate surface area is 339 Å². The summed E-state index contributed by atoms with van der Waals surface area (Å²) in [5.74, 6) is 0.563. The molecule has 302 valence electrons. The standard InChI is InChI=1S/C12H12N2O2.C11H12N4O.C10H8N2O2.C10H10N2O.H2/c1-8(15)13-7-10-6-5-9-3-2-4-11(16)12(9)14-10;12-11(13)14-6-8-5-4-7-2-1-3-9(16)10(7)15-8;13-9-3-1-2-7-4-5-8(6-11-14)12-10(7)9;11-6-8-5-4-7-2-1-3-9(13)10(7)12-8;/h2-6,16H,7H2,1H3,(H,13,15);1-5,16H,6H2,(H4,12,13,14);1-6,13-14H;1-5,13H,6,11H2;1H/b;;11-6+;;/i;;;;1+1. The third kappa shape index (κ3) is 11.7. The minimum atomic E-state index is -0.0980. The summed E-state index contributed by atoms with van der Waals surface area (Å²) >= 11 is 0. The first-order valence-corrected chi connectivity index (χ1v) is 17.9. The number of aromatic nitrogens is 4. The van der Waals surface area contributed by atoms with Crippen LogP contribution in [-0.2, 0) is 24.4 Å². The zero-order valence-corrected chi connectivity index (χ0v) is 31.8. The van der Waals surface area contributed by atoms with Gasteiger partial charge in [0.2, 0.25) is 5.91 Å². The van der Waals surface area contributed by atoms with Crippen molar-refractivity contribution in [2.45, 2.75) is 26.6 Å². The highest BCUT2D eigenvalue weighted by molar-refractivity contribution is 5.89. The highest BCUT2D eigenvalue weighted by atomic mass is 16.4. The fourth-order valence-corrected chi connectivity index (χ4v) is 5.48. The van der Waals surface area contributed by atoms with Gasteiger partial charge in [-0.25, -0.2) is 24.9 Å². The molecule has 0 unspecified atom stereocenters. The smallest absolute Gasteiger partial charge is 0.217 e. The number of carbonyl (C=O) groups excluding carboxylic acids is 1. The zero-order valence-electron chi connectivity index (χ0n) is 31.8. The van der Waals surface area contributed by atoms with Crippen LogP contribution in [0.2, 0.25) is 0 Å². The fraction of sp³-hybridized carbons (Fsp3) is 0.0930. The first-order valence-electron chi connectivity index (χ1n) is 17.9. The minimum Gasteiger partial charge on any atom is -0.506 e. The average Bonchev–Trinajstić information content (AvgIpc) is 3.24. The number of rotatable bonds is 6. The summed E-state index contributed by atoms with van der Waals surface area (Å²) in [5.41, 5.74) is 20.9. The maximum atomic E-state index is 10.8. The van der Waals surface area contributed by atoms with Crippen molar-refractivity contribution in [1.82, 2.24) is 25.3 Å². The van der Waals surface area contributed by atoms with Crippen molar-refractivity contribution in [3.63, 3.8) is 0 Å². The molecule has 4 aromatic heterocycles. The van der Waals surface area contributed by atoms with Crippen molar-refractivity contribution in [2.24, 2.45) is 27.3 Å². The number of nitrogens with two attached hydrogens (primary N) is 3. The summed E-state index contributed by atoms with van der Waals surface area (Å²) in [4.78, 5) is 31.5. The van der Waals surface area contributed by atoms with Crippen LogP contribution in [0.3, 0.4) is 0 Å². The molecule has 0 aliphatic heterocycles. The van der Waals surface area contributed by atoms with Crippen molar-refractivity contribution in [3.8, 4) is 23.0 Å². The third-order valence-corrected chi connectivity index (χ3v) is 8.33. The molecule has 0 bridgehead atoms. The lowest BCUT2D eigenvalue weighted by molar-refractivity contribution is -0.119. The molecule has 0 saturated carbocycles. The van der Waals surface area contributed by atoms with Crippen LogP contribution < -0.4 is 22.5 Å². The number of phenolic OH excluding ortho intramolecular Hbond substituents is 4. The molecule has 0 spiro atoms. The molecule has 4 aromatic carbocycles. The number of para-hydroxylation sites is 4. The Balaban J connectivity index is 0.000000176. The Morgan fingerprint density at radius 3 is 1.46 bits per heavy atom. The normalized spacial score (nSPS) is 10.5. The molecular weight excluding hydrogens is 753 g/mol. The van der Waals surface area contributed by atoms with Crippen LogP contribution in [0, 0.1) is 0 Å². The molecule has 4 heterocycles. The summed E-state index contributed by atoms with van der Waals surface area (Å²) in [7, 11) is 0. The molecule has 0 aliphatic carbocycles. The first kappa shape index (κ1) is 42.0. The zero-order chi connectivity index (χ0) is 42.3. The van der Waals surface area contributed by atoms with E-state index in [1.54, 1.807) is 60.7 Å². The van der Waals surface area contributed by atoms with Crippen molar-refractivity contribution < 1.29 is 31.9 Å². The monoisotopic (exact) mass is 797 g/mol. The molecule has 16 nitrogen and oxygen atoms in total. The lowest BCUT2D eigenvalue weighted by Gasteiger charge is -2.04. The molecule has 8 aromatic rings. The molecule has 0 saturated heterocycles. The number of amides is 1. The number of hydrogen-bond acceptors (Lipinski definition) is 13. The summed E-state index contributed by atoms with van der Waals surface area (Å²) in [6, 6.07) is 35.7. The molecule has 0 aliphatic rings. The van der Waals surface area contributed by atoms with Crippen LogP contribution in [0.25, 0.3) is 43.6 Å². The summed E-state index contributed by atoms with van der Waals surface area (Å²) in [6.07, 6.45) is 1.21. The largest absolute Gasteiger partial charge is 0.506 e. The van der Waals surface area contributed by atoms with Crippen LogP contribution in [0.1, 0.15) is 31.1 Å². The van der Waals surface area contributed by atoms with Gasteiger partial charge < -0.3 is 48.2 Å². The van der Waals surface area contributed by atoms with E-state index in [9.17, 15) is 25.2 Å². The van der Waals surface area contributed by atoms with Gasteiger partial charge in [-0.2, -0.15) is 0 Å². The molecule has 12 N–H and O–H groups in total. The number of guanidine groups is 1. The van der Waals surface area contributed by atoms with Gasteiger partial charge in [0.1, 0.15) is 45.1 Å². The van der Waals surface area contributed by atoms with Crippen molar-refractivity contribution in [3.05, 3.63) is 144 Å². The van der Waals surface area contributed by atoms with E-state index in [-0.39, 0.29) is 36.3 Å². The van der Waals surface area contributed by atoms with Crippen LogP contribution in [0.5, 0.6) is 23.0 Å². The molecular formula is C43H44N10O6. The van der Waals surface area contributed by atoms with Gasteiger partial charge in [0.25, 0.3) is 0 Å². The van der Waals surface area contributed by atoms with E-state index in [4.69, 9.17) is 22.4 Å². The fourth-order valence-electron chi connectivity index (χ4n) is 5.48. The lowest BCUT2D eigenvalue weighted by Crippen LogP contribution is -2.22. The topological polar surface area (TPSA) is 285 Å². The van der Waals surface area contributed by atoms with Gasteiger partial charge in [-0.05, 0) is 48.5 Å². The van der Waals surface area contributed by atoms with Crippen LogP contribution >= 0.6 is 0 Å². The van der Waals surface area contributed by atoms with Gasteiger partial charge in [-0.1, -0.05) is 78.0 Å². The number of oxime groups is 1. The molecule has 0 radical (unpaired) electrons. The Morgan fingerprint density at radius 2 is 1.02 bits per heavy atom. The maximum absolute atomic E-state index is 10.8. The molecule has 59 heavy (non-hydrogen) atoms. The number of nitrogens with one attached hydrogen (secondary N) is 1. The predicted octanol–water partition coefficient (Wildman–Crippen LogP) is 5.68. The summed E-state index contributed by atoms with van der Waals surface area (Å²) in [5, 5.41) is 55.6. The maximum Gasteiger partial charge on any atom is 0.217 e. The summed E-state index contributed by atoms with van der Waals surface area (Å²) in [6.45, 7) is 2.54. The van der Waals surface area contributed by atoms with Gasteiger partial charge in [0, 0.05) is 36.4 Å². The van der Waals surface area contributed by atoms with Crippen molar-refractivity contribution in [1.29, 1.82) is 0 Å². The Bertz CT molecular complexity index is 2780. The van der Waals surface area contributed by atoms with E-state index >= 15 is 0 Å². The molecule has 0 fully saturated rings. The van der Waals surface area contributed by atoms with Gasteiger partial charge in [-0.3, -0.25) is 4.79 Å². The number of hydrogen-bond donors (Lipinski definition) is 9. The summed E-state index contributed by atoms with van der Waals surface area (Å²) < 4.78 is 0. The number of pyridine rings is 4. The molecule has 1 amide bonds. The number of phenols is 4. The third-order valence-electron chi connectivity index (χ3n) is 8.33. The van der Waals surface area contributed by atoms with Gasteiger partial charge in [-0.15, -0.1) is 0 Å². The van der Waals surface area contributed by atoms with Gasteiger partial charge >= 0.3 is 0 Å². The number of benzene rings is 4. The Hall–Kier alpha value is -8.11. The second-order valence-corrected chi connectivity index (χ2v) is 12.6.